The molecule has 0 aliphatic carbocycles. The molecule has 2 nitrogen and oxygen atoms in total. The fraction of sp³-hybridized carbons (Fsp3) is 0.538. The van der Waals surface area contributed by atoms with Crippen LogP contribution in [0.5, 0.6) is 5.75 Å². The number of aryl methyl sites for hydroxylation is 2. The minimum atomic E-state index is 0.887. The van der Waals surface area contributed by atoms with Crippen LogP contribution in [0, 0.1) is 13.8 Å². The van der Waals surface area contributed by atoms with Crippen molar-refractivity contribution in [2.45, 2.75) is 33.7 Å². The molecule has 1 aromatic rings. The van der Waals surface area contributed by atoms with E-state index in [-0.39, 0.29) is 0 Å². The number of hydrogen-bond donors (Lipinski definition) is 1. The number of methoxy groups -OCH3 is 1. The summed E-state index contributed by atoms with van der Waals surface area (Å²) >= 11 is 0. The molecule has 0 heterocycles. The van der Waals surface area contributed by atoms with Crippen LogP contribution in [0.1, 0.15) is 30.0 Å². The molecule has 0 amide bonds. The molecule has 1 rings (SSSR count). The van der Waals surface area contributed by atoms with Gasteiger partial charge in [0.25, 0.3) is 0 Å². The highest BCUT2D eigenvalue weighted by molar-refractivity contribution is 5.41. The summed E-state index contributed by atoms with van der Waals surface area (Å²) in [6.07, 6.45) is 1.16. The summed E-state index contributed by atoms with van der Waals surface area (Å²) in [5.41, 5.74) is 3.85. The minimum absolute atomic E-state index is 0.887. The molecule has 0 aliphatic rings. The first-order chi connectivity index (χ1) is 7.19. The van der Waals surface area contributed by atoms with E-state index in [1.54, 1.807) is 7.11 Å². The molecule has 1 N–H and O–H groups in total. The van der Waals surface area contributed by atoms with Crippen LogP contribution < -0.4 is 10.1 Å². The Labute approximate surface area is 92.6 Å². The Morgan fingerprint density at radius 2 is 1.87 bits per heavy atom. The van der Waals surface area contributed by atoms with Gasteiger partial charge in [0.05, 0.1) is 7.11 Å². The molecule has 0 aliphatic heterocycles. The molecule has 0 fully saturated rings. The van der Waals surface area contributed by atoms with E-state index >= 15 is 0 Å². The lowest BCUT2D eigenvalue weighted by atomic mass is 10.0. The Morgan fingerprint density at radius 3 is 2.47 bits per heavy atom. The fourth-order valence-electron chi connectivity index (χ4n) is 1.58. The average Bonchev–Trinajstić information content (AvgIpc) is 2.23. The van der Waals surface area contributed by atoms with Crippen LogP contribution >= 0.6 is 0 Å². The first kappa shape index (κ1) is 12.1. The zero-order valence-electron chi connectivity index (χ0n) is 10.2. The van der Waals surface area contributed by atoms with E-state index in [0.29, 0.717) is 0 Å². The lowest BCUT2D eigenvalue weighted by molar-refractivity contribution is 0.407. The third-order valence-electron chi connectivity index (χ3n) is 2.64. The van der Waals surface area contributed by atoms with Gasteiger partial charge >= 0.3 is 0 Å². The van der Waals surface area contributed by atoms with Crippen LogP contribution in [0.4, 0.5) is 0 Å². The molecule has 0 unspecified atom stereocenters. The second-order valence-corrected chi connectivity index (χ2v) is 3.93. The van der Waals surface area contributed by atoms with Gasteiger partial charge in [-0.2, -0.15) is 0 Å². The summed E-state index contributed by atoms with van der Waals surface area (Å²) in [5, 5.41) is 3.39. The molecule has 0 radical (unpaired) electrons. The number of benzene rings is 1. The summed E-state index contributed by atoms with van der Waals surface area (Å²) < 4.78 is 5.37. The largest absolute Gasteiger partial charge is 0.496 e. The van der Waals surface area contributed by atoms with E-state index in [1.165, 1.54) is 16.7 Å². The van der Waals surface area contributed by atoms with Crippen LogP contribution in [0.15, 0.2) is 12.1 Å². The number of nitrogens with one attached hydrogen (secondary N) is 1. The van der Waals surface area contributed by atoms with Crippen LogP contribution in [0.25, 0.3) is 0 Å². The van der Waals surface area contributed by atoms with Crippen molar-refractivity contribution in [2.24, 2.45) is 0 Å². The smallest absolute Gasteiger partial charge is 0.123 e. The third-order valence-corrected chi connectivity index (χ3v) is 2.64. The first-order valence-electron chi connectivity index (χ1n) is 5.53. The van der Waals surface area contributed by atoms with Gasteiger partial charge < -0.3 is 10.1 Å². The average molecular weight is 207 g/mol. The van der Waals surface area contributed by atoms with Crippen molar-refractivity contribution >= 4 is 0 Å². The van der Waals surface area contributed by atoms with Crippen molar-refractivity contribution in [3.05, 3.63) is 28.8 Å². The maximum atomic E-state index is 5.37. The lowest BCUT2D eigenvalue weighted by Gasteiger charge is -2.12. The van der Waals surface area contributed by atoms with E-state index in [4.69, 9.17) is 4.74 Å². The van der Waals surface area contributed by atoms with Gasteiger partial charge in [-0.05, 0) is 44.0 Å². The highest BCUT2D eigenvalue weighted by Crippen LogP contribution is 2.22. The Balaban J connectivity index is 2.80. The van der Waals surface area contributed by atoms with Crippen molar-refractivity contribution in [1.82, 2.24) is 5.32 Å². The van der Waals surface area contributed by atoms with Crippen molar-refractivity contribution in [2.75, 3.05) is 13.7 Å². The van der Waals surface area contributed by atoms with Crippen molar-refractivity contribution in [3.8, 4) is 5.75 Å². The predicted octanol–water partition coefficient (Wildman–Crippen LogP) is 2.81. The van der Waals surface area contributed by atoms with Gasteiger partial charge in [0.2, 0.25) is 0 Å². The van der Waals surface area contributed by atoms with Gasteiger partial charge in [0, 0.05) is 12.1 Å². The summed E-state index contributed by atoms with van der Waals surface area (Å²) in [6, 6.07) is 4.31. The Bertz CT molecular complexity index is 321. The lowest BCUT2D eigenvalue weighted by Crippen LogP contribution is -2.14. The van der Waals surface area contributed by atoms with E-state index in [2.05, 4.69) is 38.2 Å². The maximum Gasteiger partial charge on any atom is 0.123 e. The number of rotatable bonds is 5. The van der Waals surface area contributed by atoms with Gasteiger partial charge in [-0.3, -0.25) is 0 Å². The fourth-order valence-corrected chi connectivity index (χ4v) is 1.58. The molecule has 2 heteroatoms. The van der Waals surface area contributed by atoms with Gasteiger partial charge in [0.15, 0.2) is 0 Å². The molecule has 0 saturated carbocycles. The summed E-state index contributed by atoms with van der Waals surface area (Å²) in [5.74, 6) is 0.988. The molecule has 0 aromatic heterocycles. The van der Waals surface area contributed by atoms with E-state index in [9.17, 15) is 0 Å². The zero-order chi connectivity index (χ0) is 11.3. The molecule has 15 heavy (non-hydrogen) atoms. The van der Waals surface area contributed by atoms with Gasteiger partial charge in [-0.1, -0.05) is 13.0 Å². The molecule has 1 aromatic carbocycles. The molecular formula is C13H21NO. The second-order valence-electron chi connectivity index (χ2n) is 3.93. The van der Waals surface area contributed by atoms with Gasteiger partial charge in [-0.25, -0.2) is 0 Å². The standard InChI is InChI=1S/C13H21NO/c1-5-6-14-9-12-7-10(2)11(3)8-13(12)15-4/h7-8,14H,5-6,9H2,1-4H3. The van der Waals surface area contributed by atoms with Crippen LogP contribution in [0.2, 0.25) is 0 Å². The van der Waals surface area contributed by atoms with E-state index in [1.807, 2.05) is 0 Å². The van der Waals surface area contributed by atoms with E-state index in [0.717, 1.165) is 25.3 Å². The molecule has 0 atom stereocenters. The summed E-state index contributed by atoms with van der Waals surface area (Å²) in [4.78, 5) is 0. The SMILES string of the molecule is CCCNCc1cc(C)c(C)cc1OC. The van der Waals surface area contributed by atoms with Gasteiger partial charge in [-0.15, -0.1) is 0 Å². The first-order valence-corrected chi connectivity index (χ1v) is 5.53. The predicted molar refractivity (Wildman–Crippen MR) is 64.5 cm³/mol. The molecule has 0 spiro atoms. The molecule has 0 bridgehead atoms. The van der Waals surface area contributed by atoms with Crippen molar-refractivity contribution < 1.29 is 4.74 Å². The van der Waals surface area contributed by atoms with E-state index < -0.39 is 0 Å². The third kappa shape index (κ3) is 3.24. The summed E-state index contributed by atoms with van der Waals surface area (Å²) in [7, 11) is 1.73. The Morgan fingerprint density at radius 1 is 1.20 bits per heavy atom. The minimum Gasteiger partial charge on any atom is -0.496 e. The maximum absolute atomic E-state index is 5.37. The van der Waals surface area contributed by atoms with Crippen LogP contribution in [-0.2, 0) is 6.54 Å². The summed E-state index contributed by atoms with van der Waals surface area (Å²) in [6.45, 7) is 8.36. The number of hydrogen-bond acceptors (Lipinski definition) is 2. The Hall–Kier alpha value is -1.02. The van der Waals surface area contributed by atoms with Crippen molar-refractivity contribution in [3.63, 3.8) is 0 Å². The highest BCUT2D eigenvalue weighted by Gasteiger charge is 2.04. The molecule has 0 saturated heterocycles. The van der Waals surface area contributed by atoms with Crippen LogP contribution in [0.3, 0.4) is 0 Å². The molecular weight excluding hydrogens is 186 g/mol. The molecule has 84 valence electrons. The highest BCUT2D eigenvalue weighted by atomic mass is 16.5. The van der Waals surface area contributed by atoms with Crippen molar-refractivity contribution in [1.29, 1.82) is 0 Å². The normalized spacial score (nSPS) is 10.4. The Kier molecular flexibility index (Phi) is 4.63. The van der Waals surface area contributed by atoms with Crippen LogP contribution in [-0.4, -0.2) is 13.7 Å². The number of ether oxygens (including phenoxy) is 1. The topological polar surface area (TPSA) is 21.3 Å². The van der Waals surface area contributed by atoms with Gasteiger partial charge in [0.1, 0.15) is 5.75 Å². The zero-order valence-corrected chi connectivity index (χ0v) is 10.2. The monoisotopic (exact) mass is 207 g/mol. The second kappa shape index (κ2) is 5.76. The quantitative estimate of drug-likeness (QED) is 0.750.